The molecule has 0 saturated heterocycles. The van der Waals surface area contributed by atoms with Crippen molar-refractivity contribution in [1.29, 1.82) is 0 Å². The summed E-state index contributed by atoms with van der Waals surface area (Å²) in [5.41, 5.74) is 1.58. The number of anilines is 1. The molecule has 0 spiro atoms. The first-order valence-corrected chi connectivity index (χ1v) is 12.1. The van der Waals surface area contributed by atoms with Gasteiger partial charge in [0.25, 0.3) is 15.9 Å². The number of carbonyl (C=O) groups is 1. The van der Waals surface area contributed by atoms with Crippen LogP contribution in [0.5, 0.6) is 11.5 Å². The summed E-state index contributed by atoms with van der Waals surface area (Å²) in [5, 5.41) is 3.01. The van der Waals surface area contributed by atoms with Crippen LogP contribution < -0.4 is 19.1 Å². The second-order valence-electron chi connectivity index (χ2n) is 7.86. The lowest BCUT2D eigenvalue weighted by atomic mass is 9.96. The smallest absolute Gasteiger partial charge is 0.270 e. The number of methoxy groups -OCH3 is 2. The molecule has 1 N–H and O–H groups in total. The number of carbonyl (C=O) groups excluding carboxylic acids is 1. The zero-order chi connectivity index (χ0) is 21.9. The summed E-state index contributed by atoms with van der Waals surface area (Å²) in [6.07, 6.45) is 7.42. The van der Waals surface area contributed by atoms with E-state index in [9.17, 15) is 13.2 Å². The van der Waals surface area contributed by atoms with Crippen LogP contribution in [0.2, 0.25) is 0 Å². The minimum absolute atomic E-state index is 0.00942. The van der Waals surface area contributed by atoms with Crippen LogP contribution in [0, 0.1) is 0 Å². The van der Waals surface area contributed by atoms with Crippen LogP contribution in [0.25, 0.3) is 5.57 Å². The van der Waals surface area contributed by atoms with E-state index < -0.39 is 15.9 Å². The topological polar surface area (TPSA) is 84.9 Å². The summed E-state index contributed by atoms with van der Waals surface area (Å²) in [6.45, 7) is 3.64. The molecule has 0 bridgehead atoms. The molecule has 1 fully saturated rings. The minimum atomic E-state index is -3.98. The van der Waals surface area contributed by atoms with E-state index in [-0.39, 0.29) is 17.5 Å². The molecule has 1 aliphatic heterocycles. The van der Waals surface area contributed by atoms with Crippen LogP contribution in [0.15, 0.2) is 17.0 Å². The average molecular weight is 437 g/mol. The van der Waals surface area contributed by atoms with Crippen molar-refractivity contribution < 1.29 is 22.7 Å². The molecule has 166 valence electrons. The molecule has 1 aromatic rings. The molecule has 0 aromatic heterocycles. The Morgan fingerprint density at radius 3 is 2.20 bits per heavy atom. The Kier molecular flexibility index (Phi) is 6.95. The molecule has 1 saturated carbocycles. The van der Waals surface area contributed by atoms with Gasteiger partial charge in [-0.15, -0.1) is 0 Å². The van der Waals surface area contributed by atoms with Gasteiger partial charge in [-0.1, -0.05) is 32.1 Å². The van der Waals surface area contributed by atoms with Crippen molar-refractivity contribution in [3.8, 4) is 11.5 Å². The second kappa shape index (κ2) is 9.29. The predicted octanol–water partition coefficient (Wildman–Crippen LogP) is 3.83. The molecule has 1 aliphatic carbocycles. The highest BCUT2D eigenvalue weighted by Crippen LogP contribution is 2.44. The van der Waals surface area contributed by atoms with Crippen molar-refractivity contribution >= 4 is 27.2 Å². The van der Waals surface area contributed by atoms with Crippen LogP contribution in [0.3, 0.4) is 0 Å². The maximum atomic E-state index is 13.4. The minimum Gasteiger partial charge on any atom is -0.493 e. The molecular formula is C22H32N2O5S. The largest absolute Gasteiger partial charge is 0.493 e. The molecule has 0 unspecified atom stereocenters. The van der Waals surface area contributed by atoms with Gasteiger partial charge in [-0.25, -0.2) is 8.42 Å². The number of rotatable bonds is 5. The van der Waals surface area contributed by atoms with Gasteiger partial charge in [-0.2, -0.15) is 0 Å². The molecule has 1 heterocycles. The molecular weight excluding hydrogens is 404 g/mol. The summed E-state index contributed by atoms with van der Waals surface area (Å²) < 4.78 is 38.8. The first-order valence-electron chi connectivity index (χ1n) is 10.7. The van der Waals surface area contributed by atoms with Crippen LogP contribution >= 0.6 is 0 Å². The molecule has 0 radical (unpaired) electrons. The van der Waals surface area contributed by atoms with E-state index in [4.69, 9.17) is 9.47 Å². The molecule has 7 nitrogen and oxygen atoms in total. The predicted molar refractivity (Wildman–Crippen MR) is 118 cm³/mol. The first kappa shape index (κ1) is 22.5. The SMILES string of the molecule is CCN1c2cc(OC)c(OC)cc2C(C)=C(C(=O)NC2CCCCCCC2)S1(=O)=O. The number of amides is 1. The standard InChI is InChI=1S/C22H32N2O5S/c1-5-24-18-14-20(29-4)19(28-3)13-17(18)15(2)21(30(24,26)27)22(25)23-16-11-9-7-6-8-10-12-16/h13-14,16H,5-12H2,1-4H3,(H,23,25). The fraction of sp³-hybridized carbons (Fsp3) is 0.591. The number of nitrogens with one attached hydrogen (secondary N) is 1. The van der Waals surface area contributed by atoms with Crippen molar-refractivity contribution in [1.82, 2.24) is 5.32 Å². The number of allylic oxidation sites excluding steroid dienone is 1. The first-order chi connectivity index (χ1) is 14.3. The molecule has 30 heavy (non-hydrogen) atoms. The van der Waals surface area contributed by atoms with Gasteiger partial charge in [0, 0.05) is 24.2 Å². The van der Waals surface area contributed by atoms with Crippen molar-refractivity contribution in [3.63, 3.8) is 0 Å². The zero-order valence-corrected chi connectivity index (χ0v) is 19.1. The maximum absolute atomic E-state index is 13.4. The molecule has 1 amide bonds. The normalized spacial score (nSPS) is 19.5. The molecule has 8 heteroatoms. The third kappa shape index (κ3) is 4.15. The van der Waals surface area contributed by atoms with E-state index in [0.29, 0.717) is 28.3 Å². The van der Waals surface area contributed by atoms with Gasteiger partial charge in [-0.05, 0) is 38.3 Å². The third-order valence-corrected chi connectivity index (χ3v) is 8.04. The number of benzene rings is 1. The Hall–Kier alpha value is -2.22. The Morgan fingerprint density at radius 1 is 1.07 bits per heavy atom. The maximum Gasteiger partial charge on any atom is 0.270 e. The van der Waals surface area contributed by atoms with Crippen molar-refractivity contribution in [3.05, 3.63) is 22.6 Å². The number of sulfonamides is 1. The summed E-state index contributed by atoms with van der Waals surface area (Å²) in [5.74, 6) is 0.419. The monoisotopic (exact) mass is 436 g/mol. The molecule has 0 atom stereocenters. The zero-order valence-electron chi connectivity index (χ0n) is 18.3. The van der Waals surface area contributed by atoms with Crippen LogP contribution in [-0.4, -0.2) is 41.1 Å². The van der Waals surface area contributed by atoms with E-state index in [0.717, 1.165) is 38.5 Å². The number of nitrogens with zero attached hydrogens (tertiary/aromatic N) is 1. The van der Waals surface area contributed by atoms with Crippen LogP contribution in [0.1, 0.15) is 64.4 Å². The summed E-state index contributed by atoms with van der Waals surface area (Å²) in [4.78, 5) is 13.0. The summed E-state index contributed by atoms with van der Waals surface area (Å²) in [6, 6.07) is 3.40. The van der Waals surface area contributed by atoms with Crippen molar-refractivity contribution in [2.24, 2.45) is 0 Å². The fourth-order valence-corrected chi connectivity index (χ4v) is 6.17. The molecule has 2 aliphatic rings. The highest BCUT2D eigenvalue weighted by Gasteiger charge is 2.40. The summed E-state index contributed by atoms with van der Waals surface area (Å²) >= 11 is 0. The van der Waals surface area contributed by atoms with Gasteiger partial charge >= 0.3 is 0 Å². The Bertz CT molecular complexity index is 931. The second-order valence-corrected chi connectivity index (χ2v) is 9.66. The lowest BCUT2D eigenvalue weighted by molar-refractivity contribution is -0.117. The Morgan fingerprint density at radius 2 is 1.63 bits per heavy atom. The lowest BCUT2D eigenvalue weighted by Gasteiger charge is -2.33. The Balaban J connectivity index is 2.05. The van der Waals surface area contributed by atoms with Gasteiger partial charge in [0.15, 0.2) is 16.4 Å². The van der Waals surface area contributed by atoms with E-state index >= 15 is 0 Å². The lowest BCUT2D eigenvalue weighted by Crippen LogP contribution is -2.44. The quantitative estimate of drug-likeness (QED) is 0.758. The fourth-order valence-electron chi connectivity index (χ4n) is 4.41. The number of hydrogen-bond acceptors (Lipinski definition) is 5. The average Bonchev–Trinajstić information content (AvgIpc) is 2.68. The van der Waals surface area contributed by atoms with Gasteiger partial charge in [0.2, 0.25) is 0 Å². The van der Waals surface area contributed by atoms with E-state index in [1.54, 1.807) is 26.0 Å². The molecule has 1 aromatic carbocycles. The van der Waals surface area contributed by atoms with Crippen LogP contribution in [0.4, 0.5) is 5.69 Å². The third-order valence-electron chi connectivity index (χ3n) is 6.00. The van der Waals surface area contributed by atoms with Gasteiger partial charge in [-0.3, -0.25) is 9.10 Å². The molecule has 3 rings (SSSR count). The van der Waals surface area contributed by atoms with E-state index in [2.05, 4.69) is 5.32 Å². The number of fused-ring (bicyclic) bond motifs is 1. The van der Waals surface area contributed by atoms with Gasteiger partial charge < -0.3 is 14.8 Å². The summed E-state index contributed by atoms with van der Waals surface area (Å²) in [7, 11) is -0.945. The van der Waals surface area contributed by atoms with E-state index in [1.807, 2.05) is 0 Å². The highest BCUT2D eigenvalue weighted by molar-refractivity contribution is 7.97. The Labute approximate surface area is 179 Å². The van der Waals surface area contributed by atoms with Gasteiger partial charge in [0.1, 0.15) is 0 Å². The van der Waals surface area contributed by atoms with Crippen molar-refractivity contribution in [2.75, 3.05) is 25.1 Å². The number of hydrogen-bond donors (Lipinski definition) is 1. The van der Waals surface area contributed by atoms with Crippen LogP contribution in [-0.2, 0) is 14.8 Å². The highest BCUT2D eigenvalue weighted by atomic mass is 32.2. The van der Waals surface area contributed by atoms with Crippen molar-refractivity contribution in [2.45, 2.75) is 64.8 Å². The number of ether oxygens (including phenoxy) is 2. The van der Waals surface area contributed by atoms with Gasteiger partial charge in [0.05, 0.1) is 19.9 Å². The van der Waals surface area contributed by atoms with E-state index in [1.165, 1.54) is 24.9 Å².